The largest absolute Gasteiger partial charge is 0.352 e. The molecule has 0 unspecified atom stereocenters. The first-order chi connectivity index (χ1) is 13.5. The van der Waals surface area contributed by atoms with Crippen LogP contribution in [0.25, 0.3) is 11.0 Å². The lowest BCUT2D eigenvalue weighted by Gasteiger charge is -2.35. The summed E-state index contributed by atoms with van der Waals surface area (Å²) in [4.78, 5) is 35.9. The van der Waals surface area contributed by atoms with Gasteiger partial charge >= 0.3 is 0 Å². The molecule has 1 amide bonds. The number of anilines is 1. The summed E-state index contributed by atoms with van der Waals surface area (Å²) in [6, 6.07) is 4.48. The van der Waals surface area contributed by atoms with Crippen molar-refractivity contribution in [1.82, 2.24) is 24.6 Å². The van der Waals surface area contributed by atoms with Gasteiger partial charge in [-0.15, -0.1) is 0 Å². The standard InChI is InChI=1S/C18H19N7O3/c1-12-9-13(3-4-15(12)25(27)28)18(26)24-7-5-23(6-8-24)17-14-10-21-22(2)16(14)19-11-20-17/h3-4,9-11H,5-8H2,1-2H3. The Labute approximate surface area is 160 Å². The molecular formula is C18H19N7O3. The number of piperazine rings is 1. The third kappa shape index (κ3) is 3.02. The van der Waals surface area contributed by atoms with Crippen LogP contribution in [-0.4, -0.2) is 61.7 Å². The van der Waals surface area contributed by atoms with Crippen molar-refractivity contribution in [2.75, 3.05) is 31.1 Å². The van der Waals surface area contributed by atoms with Gasteiger partial charge in [0, 0.05) is 50.4 Å². The Kier molecular flexibility index (Phi) is 4.38. The summed E-state index contributed by atoms with van der Waals surface area (Å²) >= 11 is 0. The van der Waals surface area contributed by atoms with Gasteiger partial charge in [-0.05, 0) is 19.1 Å². The van der Waals surface area contributed by atoms with Crippen LogP contribution in [0.5, 0.6) is 0 Å². The monoisotopic (exact) mass is 381 g/mol. The second-order valence-electron chi connectivity index (χ2n) is 6.74. The average Bonchev–Trinajstić information content (AvgIpc) is 3.08. The number of nitrogens with zero attached hydrogens (tertiary/aromatic N) is 7. The Morgan fingerprint density at radius 1 is 1.18 bits per heavy atom. The summed E-state index contributed by atoms with van der Waals surface area (Å²) in [7, 11) is 1.84. The van der Waals surface area contributed by atoms with E-state index in [2.05, 4.69) is 20.0 Å². The van der Waals surface area contributed by atoms with E-state index < -0.39 is 4.92 Å². The number of carbonyl (C=O) groups is 1. The zero-order valence-corrected chi connectivity index (χ0v) is 15.6. The molecule has 10 nitrogen and oxygen atoms in total. The molecule has 0 radical (unpaired) electrons. The molecule has 10 heteroatoms. The fourth-order valence-electron chi connectivity index (χ4n) is 3.50. The Morgan fingerprint density at radius 2 is 1.93 bits per heavy atom. The van der Waals surface area contributed by atoms with E-state index in [0.29, 0.717) is 37.3 Å². The second-order valence-corrected chi connectivity index (χ2v) is 6.74. The van der Waals surface area contributed by atoms with Crippen LogP contribution in [0.1, 0.15) is 15.9 Å². The van der Waals surface area contributed by atoms with E-state index in [1.807, 2.05) is 7.05 Å². The van der Waals surface area contributed by atoms with Crippen LogP contribution in [0.3, 0.4) is 0 Å². The van der Waals surface area contributed by atoms with Crippen LogP contribution in [-0.2, 0) is 7.05 Å². The van der Waals surface area contributed by atoms with E-state index in [0.717, 1.165) is 16.9 Å². The Balaban J connectivity index is 1.48. The normalized spacial score (nSPS) is 14.5. The van der Waals surface area contributed by atoms with Gasteiger partial charge in [-0.3, -0.25) is 19.6 Å². The predicted octanol–water partition coefficient (Wildman–Crippen LogP) is 1.54. The topological polar surface area (TPSA) is 110 Å². The van der Waals surface area contributed by atoms with Crippen molar-refractivity contribution in [2.24, 2.45) is 7.05 Å². The van der Waals surface area contributed by atoms with Crippen LogP contribution in [0.15, 0.2) is 30.7 Å². The molecule has 0 atom stereocenters. The molecule has 144 valence electrons. The lowest BCUT2D eigenvalue weighted by atomic mass is 10.1. The zero-order chi connectivity index (χ0) is 19.8. The highest BCUT2D eigenvalue weighted by Gasteiger charge is 2.25. The molecule has 1 fully saturated rings. The molecule has 0 bridgehead atoms. The van der Waals surface area contributed by atoms with Gasteiger partial charge in [0.25, 0.3) is 11.6 Å². The van der Waals surface area contributed by atoms with Crippen molar-refractivity contribution >= 4 is 28.4 Å². The van der Waals surface area contributed by atoms with E-state index in [1.54, 1.807) is 28.8 Å². The number of nitro benzene ring substituents is 1. The van der Waals surface area contributed by atoms with Crippen molar-refractivity contribution in [2.45, 2.75) is 6.92 Å². The molecule has 0 aliphatic carbocycles. The first-order valence-corrected chi connectivity index (χ1v) is 8.87. The molecule has 3 heterocycles. The molecule has 3 aromatic rings. The number of benzene rings is 1. The molecule has 1 aliphatic heterocycles. The van der Waals surface area contributed by atoms with Gasteiger partial charge in [0.05, 0.1) is 16.5 Å². The number of nitro groups is 1. The molecule has 28 heavy (non-hydrogen) atoms. The SMILES string of the molecule is Cc1cc(C(=O)N2CCN(c3ncnc4c3cnn4C)CC2)ccc1[N+](=O)[O-]. The van der Waals surface area contributed by atoms with Crippen LogP contribution in [0, 0.1) is 17.0 Å². The van der Waals surface area contributed by atoms with E-state index in [4.69, 9.17) is 0 Å². The van der Waals surface area contributed by atoms with Gasteiger partial charge < -0.3 is 9.80 Å². The first-order valence-electron chi connectivity index (χ1n) is 8.87. The lowest BCUT2D eigenvalue weighted by Crippen LogP contribution is -2.49. The fourth-order valence-corrected chi connectivity index (χ4v) is 3.50. The molecule has 1 aliphatic rings. The maximum absolute atomic E-state index is 12.8. The number of hydrogen-bond acceptors (Lipinski definition) is 7. The van der Waals surface area contributed by atoms with Crippen molar-refractivity contribution in [3.63, 3.8) is 0 Å². The molecule has 1 saturated heterocycles. The third-order valence-corrected chi connectivity index (χ3v) is 5.02. The van der Waals surface area contributed by atoms with Gasteiger partial charge in [0.1, 0.15) is 12.1 Å². The molecular weight excluding hydrogens is 362 g/mol. The van der Waals surface area contributed by atoms with Gasteiger partial charge in [-0.1, -0.05) is 0 Å². The van der Waals surface area contributed by atoms with Crippen LogP contribution in [0.2, 0.25) is 0 Å². The van der Waals surface area contributed by atoms with E-state index >= 15 is 0 Å². The molecule has 2 aromatic heterocycles. The fraction of sp³-hybridized carbons (Fsp3) is 0.333. The average molecular weight is 381 g/mol. The molecule has 0 N–H and O–H groups in total. The van der Waals surface area contributed by atoms with Crippen molar-refractivity contribution in [1.29, 1.82) is 0 Å². The Morgan fingerprint density at radius 3 is 2.61 bits per heavy atom. The summed E-state index contributed by atoms with van der Waals surface area (Å²) in [6.07, 6.45) is 3.28. The summed E-state index contributed by atoms with van der Waals surface area (Å²) < 4.78 is 1.71. The van der Waals surface area contributed by atoms with E-state index in [-0.39, 0.29) is 11.6 Å². The maximum atomic E-state index is 12.8. The van der Waals surface area contributed by atoms with Crippen LogP contribution in [0.4, 0.5) is 11.5 Å². The smallest absolute Gasteiger partial charge is 0.272 e. The van der Waals surface area contributed by atoms with Gasteiger partial charge in [0.15, 0.2) is 5.65 Å². The molecule has 1 aromatic carbocycles. The summed E-state index contributed by atoms with van der Waals surface area (Å²) in [5.41, 5.74) is 1.73. The van der Waals surface area contributed by atoms with E-state index in [1.165, 1.54) is 18.5 Å². The maximum Gasteiger partial charge on any atom is 0.272 e. The quantitative estimate of drug-likeness (QED) is 0.500. The highest BCUT2D eigenvalue weighted by molar-refractivity contribution is 5.95. The Hall–Kier alpha value is -3.56. The number of aromatic nitrogens is 4. The number of carbonyl (C=O) groups excluding carboxylic acids is 1. The predicted molar refractivity (Wildman–Crippen MR) is 102 cm³/mol. The Bertz CT molecular complexity index is 1070. The van der Waals surface area contributed by atoms with Crippen molar-refractivity contribution in [3.05, 3.63) is 52.0 Å². The number of hydrogen-bond donors (Lipinski definition) is 0. The van der Waals surface area contributed by atoms with Gasteiger partial charge in [-0.2, -0.15) is 5.10 Å². The first kappa shape index (κ1) is 17.8. The summed E-state index contributed by atoms with van der Waals surface area (Å²) in [6.45, 7) is 4.00. The summed E-state index contributed by atoms with van der Waals surface area (Å²) in [5, 5.41) is 16.1. The molecule has 0 spiro atoms. The lowest BCUT2D eigenvalue weighted by molar-refractivity contribution is -0.385. The van der Waals surface area contributed by atoms with Crippen molar-refractivity contribution in [3.8, 4) is 0 Å². The van der Waals surface area contributed by atoms with E-state index in [9.17, 15) is 14.9 Å². The van der Waals surface area contributed by atoms with Crippen LogP contribution < -0.4 is 4.90 Å². The minimum atomic E-state index is -0.441. The zero-order valence-electron chi connectivity index (χ0n) is 15.6. The highest BCUT2D eigenvalue weighted by Crippen LogP contribution is 2.24. The highest BCUT2D eigenvalue weighted by atomic mass is 16.6. The number of aryl methyl sites for hydroxylation is 2. The van der Waals surface area contributed by atoms with Crippen molar-refractivity contribution < 1.29 is 9.72 Å². The minimum absolute atomic E-state index is 0.0191. The number of fused-ring (bicyclic) bond motifs is 1. The van der Waals surface area contributed by atoms with Gasteiger partial charge in [0.2, 0.25) is 0 Å². The summed E-state index contributed by atoms with van der Waals surface area (Å²) in [5.74, 6) is 0.697. The molecule has 0 saturated carbocycles. The number of rotatable bonds is 3. The van der Waals surface area contributed by atoms with Gasteiger partial charge in [-0.25, -0.2) is 9.97 Å². The second kappa shape index (κ2) is 6.87. The minimum Gasteiger partial charge on any atom is -0.352 e. The molecule has 4 rings (SSSR count). The number of amides is 1. The van der Waals surface area contributed by atoms with Crippen LogP contribution >= 0.6 is 0 Å². The third-order valence-electron chi connectivity index (χ3n) is 5.02.